The van der Waals surface area contributed by atoms with Gasteiger partial charge in [-0.05, 0) is 19.2 Å². The standard InChI is InChI=1S/C12H12F2N2O/c1-15-5-6-17-12-9(14)7-16-10-4-2-3-8(13)11(10)12/h2-4,7,15H,5-6H2,1H3. The zero-order valence-corrected chi connectivity index (χ0v) is 9.34. The fraction of sp³-hybridized carbons (Fsp3) is 0.250. The Morgan fingerprint density at radius 1 is 1.29 bits per heavy atom. The summed E-state index contributed by atoms with van der Waals surface area (Å²) in [6.45, 7) is 0.818. The Bertz CT molecular complexity index is 531. The first-order chi connectivity index (χ1) is 8.24. The summed E-state index contributed by atoms with van der Waals surface area (Å²) in [6.07, 6.45) is 1.04. The quantitative estimate of drug-likeness (QED) is 0.828. The van der Waals surface area contributed by atoms with Crippen LogP contribution in [0.3, 0.4) is 0 Å². The van der Waals surface area contributed by atoms with E-state index in [0.717, 1.165) is 6.20 Å². The monoisotopic (exact) mass is 238 g/mol. The van der Waals surface area contributed by atoms with E-state index in [1.807, 2.05) is 0 Å². The van der Waals surface area contributed by atoms with Gasteiger partial charge in [0.25, 0.3) is 0 Å². The molecular formula is C12H12F2N2O. The molecule has 0 saturated carbocycles. The Hall–Kier alpha value is -1.75. The minimum Gasteiger partial charge on any atom is -0.488 e. The second kappa shape index (κ2) is 5.05. The van der Waals surface area contributed by atoms with E-state index < -0.39 is 11.6 Å². The number of fused-ring (bicyclic) bond motifs is 1. The third-order valence-electron chi connectivity index (χ3n) is 2.35. The van der Waals surface area contributed by atoms with Crippen molar-refractivity contribution in [3.05, 3.63) is 36.0 Å². The first-order valence-corrected chi connectivity index (χ1v) is 5.24. The van der Waals surface area contributed by atoms with Gasteiger partial charge in [-0.3, -0.25) is 4.98 Å². The molecule has 17 heavy (non-hydrogen) atoms. The third kappa shape index (κ3) is 2.34. The smallest absolute Gasteiger partial charge is 0.184 e. The maximum Gasteiger partial charge on any atom is 0.184 e. The molecule has 1 aromatic heterocycles. The molecule has 3 nitrogen and oxygen atoms in total. The van der Waals surface area contributed by atoms with E-state index in [-0.39, 0.29) is 17.7 Å². The molecule has 2 rings (SSSR count). The number of aromatic nitrogens is 1. The Labute approximate surface area is 97.4 Å². The van der Waals surface area contributed by atoms with Crippen LogP contribution in [0.25, 0.3) is 10.9 Å². The maximum atomic E-state index is 13.6. The van der Waals surface area contributed by atoms with E-state index >= 15 is 0 Å². The Morgan fingerprint density at radius 3 is 2.88 bits per heavy atom. The van der Waals surface area contributed by atoms with Gasteiger partial charge in [0.2, 0.25) is 0 Å². The maximum absolute atomic E-state index is 13.6. The predicted octanol–water partition coefficient (Wildman–Crippen LogP) is 2.11. The molecule has 0 saturated heterocycles. The normalized spacial score (nSPS) is 10.8. The van der Waals surface area contributed by atoms with E-state index in [0.29, 0.717) is 12.1 Å². The van der Waals surface area contributed by atoms with Crippen molar-refractivity contribution < 1.29 is 13.5 Å². The lowest BCUT2D eigenvalue weighted by Crippen LogP contribution is -2.16. The highest BCUT2D eigenvalue weighted by atomic mass is 19.1. The topological polar surface area (TPSA) is 34.1 Å². The summed E-state index contributed by atoms with van der Waals surface area (Å²) in [4.78, 5) is 3.82. The molecule has 0 unspecified atom stereocenters. The number of nitrogens with one attached hydrogen (secondary N) is 1. The number of pyridine rings is 1. The molecule has 1 heterocycles. The van der Waals surface area contributed by atoms with Crippen LogP contribution in [0.15, 0.2) is 24.4 Å². The number of nitrogens with zero attached hydrogens (tertiary/aromatic N) is 1. The SMILES string of the molecule is CNCCOc1c(F)cnc2cccc(F)c12. The summed E-state index contributed by atoms with van der Waals surface area (Å²) in [5, 5.41) is 2.95. The van der Waals surface area contributed by atoms with Gasteiger partial charge in [0.1, 0.15) is 12.4 Å². The average Bonchev–Trinajstić information content (AvgIpc) is 2.33. The van der Waals surface area contributed by atoms with Gasteiger partial charge >= 0.3 is 0 Å². The van der Waals surface area contributed by atoms with Crippen molar-refractivity contribution >= 4 is 10.9 Å². The number of rotatable bonds is 4. The zero-order chi connectivity index (χ0) is 12.3. The van der Waals surface area contributed by atoms with Gasteiger partial charge in [-0.1, -0.05) is 6.07 Å². The first-order valence-electron chi connectivity index (χ1n) is 5.24. The van der Waals surface area contributed by atoms with E-state index in [1.54, 1.807) is 13.1 Å². The molecule has 0 radical (unpaired) electrons. The lowest BCUT2D eigenvalue weighted by Gasteiger charge is -2.10. The van der Waals surface area contributed by atoms with Crippen molar-refractivity contribution in [2.45, 2.75) is 0 Å². The van der Waals surface area contributed by atoms with Crippen molar-refractivity contribution in [1.29, 1.82) is 0 Å². The Balaban J connectivity index is 2.47. The molecule has 0 aliphatic heterocycles. The fourth-order valence-electron chi connectivity index (χ4n) is 1.55. The predicted molar refractivity (Wildman–Crippen MR) is 61.1 cm³/mol. The van der Waals surface area contributed by atoms with Crippen molar-refractivity contribution in [3.63, 3.8) is 0 Å². The summed E-state index contributed by atoms with van der Waals surface area (Å²) < 4.78 is 32.4. The molecule has 0 fully saturated rings. The van der Waals surface area contributed by atoms with E-state index in [4.69, 9.17) is 4.74 Å². The van der Waals surface area contributed by atoms with Crippen molar-refractivity contribution in [2.24, 2.45) is 0 Å². The fourth-order valence-corrected chi connectivity index (χ4v) is 1.55. The minimum absolute atomic E-state index is 0.0802. The second-order valence-electron chi connectivity index (χ2n) is 3.52. The summed E-state index contributed by atoms with van der Waals surface area (Å²) >= 11 is 0. The van der Waals surface area contributed by atoms with Crippen molar-refractivity contribution in [2.75, 3.05) is 20.2 Å². The molecule has 1 aromatic carbocycles. The van der Waals surface area contributed by atoms with Gasteiger partial charge < -0.3 is 10.1 Å². The Kier molecular flexibility index (Phi) is 3.49. The van der Waals surface area contributed by atoms with Crippen LogP contribution in [0.1, 0.15) is 0 Å². The number of hydrogen-bond acceptors (Lipinski definition) is 3. The molecule has 0 aliphatic rings. The third-order valence-corrected chi connectivity index (χ3v) is 2.35. The van der Waals surface area contributed by atoms with Crippen LogP contribution >= 0.6 is 0 Å². The summed E-state index contributed by atoms with van der Waals surface area (Å²) in [6, 6.07) is 4.40. The molecular weight excluding hydrogens is 226 g/mol. The largest absolute Gasteiger partial charge is 0.488 e. The average molecular weight is 238 g/mol. The molecule has 1 N–H and O–H groups in total. The van der Waals surface area contributed by atoms with E-state index in [2.05, 4.69) is 10.3 Å². The Morgan fingerprint density at radius 2 is 2.12 bits per heavy atom. The number of halogens is 2. The summed E-state index contributed by atoms with van der Waals surface area (Å²) in [5.74, 6) is -1.27. The van der Waals surface area contributed by atoms with Crippen LogP contribution in [0.2, 0.25) is 0 Å². The van der Waals surface area contributed by atoms with Crippen LogP contribution in [0.5, 0.6) is 5.75 Å². The number of likely N-dealkylation sites (N-methyl/N-ethyl adjacent to an activating group) is 1. The molecule has 0 bridgehead atoms. The first kappa shape index (κ1) is 11.7. The number of benzene rings is 1. The van der Waals surface area contributed by atoms with Crippen molar-refractivity contribution in [1.82, 2.24) is 10.3 Å². The zero-order valence-electron chi connectivity index (χ0n) is 9.34. The highest BCUT2D eigenvalue weighted by Crippen LogP contribution is 2.29. The molecule has 0 aliphatic carbocycles. The molecule has 5 heteroatoms. The van der Waals surface area contributed by atoms with Crippen molar-refractivity contribution in [3.8, 4) is 5.75 Å². The van der Waals surface area contributed by atoms with Crippen LogP contribution in [-0.2, 0) is 0 Å². The highest BCUT2D eigenvalue weighted by Gasteiger charge is 2.13. The number of ether oxygens (including phenoxy) is 1. The van der Waals surface area contributed by atoms with Gasteiger partial charge in [-0.15, -0.1) is 0 Å². The molecule has 0 spiro atoms. The summed E-state index contributed by atoms with van der Waals surface area (Å²) in [7, 11) is 1.75. The van der Waals surface area contributed by atoms with Gasteiger partial charge in [-0.2, -0.15) is 0 Å². The van der Waals surface area contributed by atoms with Gasteiger partial charge in [0, 0.05) is 6.54 Å². The molecule has 90 valence electrons. The lowest BCUT2D eigenvalue weighted by atomic mass is 10.2. The van der Waals surface area contributed by atoms with Gasteiger partial charge in [0.05, 0.1) is 17.1 Å². The molecule has 0 amide bonds. The van der Waals surface area contributed by atoms with Crippen LogP contribution in [-0.4, -0.2) is 25.2 Å². The van der Waals surface area contributed by atoms with E-state index in [1.165, 1.54) is 12.1 Å². The summed E-state index contributed by atoms with van der Waals surface area (Å²) in [5.41, 5.74) is 0.380. The molecule has 0 atom stereocenters. The van der Waals surface area contributed by atoms with Crippen LogP contribution in [0.4, 0.5) is 8.78 Å². The molecule has 2 aromatic rings. The van der Waals surface area contributed by atoms with Gasteiger partial charge in [-0.25, -0.2) is 8.78 Å². The van der Waals surface area contributed by atoms with Crippen LogP contribution < -0.4 is 10.1 Å². The number of hydrogen-bond donors (Lipinski definition) is 1. The second-order valence-corrected chi connectivity index (χ2v) is 3.52. The van der Waals surface area contributed by atoms with Crippen LogP contribution in [0, 0.1) is 11.6 Å². The highest BCUT2D eigenvalue weighted by molar-refractivity contribution is 5.85. The van der Waals surface area contributed by atoms with E-state index in [9.17, 15) is 8.78 Å². The minimum atomic E-state index is -0.654. The lowest BCUT2D eigenvalue weighted by molar-refractivity contribution is 0.305. The van der Waals surface area contributed by atoms with Gasteiger partial charge in [0.15, 0.2) is 11.6 Å².